The van der Waals surface area contributed by atoms with Crippen LogP contribution in [0, 0.1) is 0 Å². The number of nitrogens with zero attached hydrogens (tertiary/aromatic N) is 2. The van der Waals surface area contributed by atoms with Gasteiger partial charge in [0.05, 0.1) is 6.61 Å². The van der Waals surface area contributed by atoms with Crippen molar-refractivity contribution in [1.82, 2.24) is 9.80 Å². The van der Waals surface area contributed by atoms with Crippen molar-refractivity contribution in [1.29, 1.82) is 0 Å². The van der Waals surface area contributed by atoms with Crippen LogP contribution < -0.4 is 0 Å². The highest BCUT2D eigenvalue weighted by molar-refractivity contribution is 5.83. The first kappa shape index (κ1) is 19.4. The second-order valence-corrected chi connectivity index (χ2v) is 7.15. The van der Waals surface area contributed by atoms with Crippen LogP contribution in [0.25, 0.3) is 0 Å². The van der Waals surface area contributed by atoms with Crippen molar-refractivity contribution in [2.45, 2.75) is 44.8 Å². The Labute approximate surface area is 158 Å². The van der Waals surface area contributed by atoms with Gasteiger partial charge >= 0.3 is 5.97 Å². The van der Waals surface area contributed by atoms with Gasteiger partial charge in [0, 0.05) is 26.1 Å². The molecule has 146 valence electrons. The molecule has 3 rings (SSSR count). The van der Waals surface area contributed by atoms with Gasteiger partial charge in [0.1, 0.15) is 6.54 Å². The molecule has 1 aromatic carbocycles. The number of rotatable bonds is 4. The number of fused-ring (bicyclic) bond motifs is 1. The van der Waals surface area contributed by atoms with E-state index in [1.165, 1.54) is 11.8 Å². The first-order chi connectivity index (χ1) is 13.0. The van der Waals surface area contributed by atoms with Gasteiger partial charge in [-0.25, -0.2) is 0 Å². The van der Waals surface area contributed by atoms with Crippen molar-refractivity contribution in [3.05, 3.63) is 35.4 Å². The normalized spacial score (nSPS) is 22.5. The van der Waals surface area contributed by atoms with Crippen LogP contribution >= 0.6 is 0 Å². The molecule has 2 amide bonds. The second-order valence-electron chi connectivity index (χ2n) is 7.15. The van der Waals surface area contributed by atoms with Crippen molar-refractivity contribution in [2.24, 2.45) is 0 Å². The lowest BCUT2D eigenvalue weighted by atomic mass is 9.97. The quantitative estimate of drug-likeness (QED) is 0.865. The molecule has 2 aliphatic rings. The molecule has 2 atom stereocenters. The summed E-state index contributed by atoms with van der Waals surface area (Å²) in [5.41, 5.74) is 2.09. The monoisotopic (exact) mass is 374 g/mol. The number of aliphatic carboxylic acids is 1. The van der Waals surface area contributed by atoms with E-state index in [0.717, 1.165) is 24.0 Å². The van der Waals surface area contributed by atoms with Gasteiger partial charge < -0.3 is 19.6 Å². The molecular formula is C20H26N2O5. The lowest BCUT2D eigenvalue weighted by molar-refractivity contribution is -0.146. The van der Waals surface area contributed by atoms with Gasteiger partial charge in [0.25, 0.3) is 5.91 Å². The van der Waals surface area contributed by atoms with Gasteiger partial charge in [-0.15, -0.1) is 0 Å². The molecule has 2 heterocycles. The fourth-order valence-corrected chi connectivity index (χ4v) is 4.02. The van der Waals surface area contributed by atoms with E-state index in [4.69, 9.17) is 9.84 Å². The van der Waals surface area contributed by atoms with Gasteiger partial charge in [0.15, 0.2) is 6.10 Å². The predicted octanol–water partition coefficient (Wildman–Crippen LogP) is 1.61. The van der Waals surface area contributed by atoms with Crippen molar-refractivity contribution < 1.29 is 24.2 Å². The molecule has 2 unspecified atom stereocenters. The summed E-state index contributed by atoms with van der Waals surface area (Å²) in [6.45, 7) is 2.71. The zero-order valence-electron chi connectivity index (χ0n) is 15.6. The molecule has 7 heteroatoms. The molecule has 0 saturated carbocycles. The molecule has 2 aliphatic heterocycles. The van der Waals surface area contributed by atoms with E-state index in [1.807, 2.05) is 24.3 Å². The molecule has 0 spiro atoms. The zero-order valence-corrected chi connectivity index (χ0v) is 15.6. The summed E-state index contributed by atoms with van der Waals surface area (Å²) in [5.74, 6) is -1.31. The first-order valence-electron chi connectivity index (χ1n) is 9.44. The number of hydrogen-bond donors (Lipinski definition) is 1. The number of carboxylic acid groups (broad SMARTS) is 1. The molecule has 1 aromatic rings. The minimum absolute atomic E-state index is 0.0459. The van der Waals surface area contributed by atoms with E-state index in [1.54, 1.807) is 4.90 Å². The third-order valence-corrected chi connectivity index (χ3v) is 5.38. The molecule has 7 nitrogen and oxygen atoms in total. The van der Waals surface area contributed by atoms with Gasteiger partial charge in [0.2, 0.25) is 5.91 Å². The van der Waals surface area contributed by atoms with Crippen LogP contribution in [0.15, 0.2) is 24.3 Å². The fourth-order valence-electron chi connectivity index (χ4n) is 4.02. The number of hydrogen-bond acceptors (Lipinski definition) is 4. The molecule has 27 heavy (non-hydrogen) atoms. The van der Waals surface area contributed by atoms with Crippen LogP contribution in [-0.2, 0) is 25.5 Å². The Morgan fingerprint density at radius 1 is 1.22 bits per heavy atom. The Hall–Kier alpha value is -2.41. The Kier molecular flexibility index (Phi) is 6.11. The van der Waals surface area contributed by atoms with E-state index in [2.05, 4.69) is 0 Å². The summed E-state index contributed by atoms with van der Waals surface area (Å²) in [5, 5.41) is 9.06. The number of carbonyl (C=O) groups excluding carboxylic acids is 2. The average molecular weight is 374 g/mol. The molecule has 0 aliphatic carbocycles. The van der Waals surface area contributed by atoms with Crippen molar-refractivity contribution in [3.63, 3.8) is 0 Å². The fraction of sp³-hybridized carbons (Fsp3) is 0.550. The van der Waals surface area contributed by atoms with E-state index in [9.17, 15) is 14.4 Å². The topological polar surface area (TPSA) is 87.2 Å². The van der Waals surface area contributed by atoms with Gasteiger partial charge in [-0.3, -0.25) is 14.4 Å². The third kappa shape index (κ3) is 4.47. The summed E-state index contributed by atoms with van der Waals surface area (Å²) in [7, 11) is 0. The summed E-state index contributed by atoms with van der Waals surface area (Å²) < 4.78 is 5.79. The van der Waals surface area contributed by atoms with Crippen LogP contribution in [-0.4, -0.2) is 65.0 Å². The highest BCUT2D eigenvalue weighted by Gasteiger charge is 2.33. The summed E-state index contributed by atoms with van der Waals surface area (Å²) >= 11 is 0. The van der Waals surface area contributed by atoms with E-state index >= 15 is 0 Å². The number of benzene rings is 1. The maximum absolute atomic E-state index is 13.1. The number of amides is 2. The highest BCUT2D eigenvalue weighted by Crippen LogP contribution is 2.29. The number of likely N-dealkylation sites (tertiary alicyclic amines) is 1. The lowest BCUT2D eigenvalue weighted by Gasteiger charge is -2.31. The molecule has 0 aromatic heterocycles. The number of ether oxygens (including phenoxy) is 1. The van der Waals surface area contributed by atoms with Crippen molar-refractivity contribution in [2.75, 3.05) is 26.2 Å². The molecule has 1 N–H and O–H groups in total. The Morgan fingerprint density at radius 3 is 2.74 bits per heavy atom. The minimum Gasteiger partial charge on any atom is -0.480 e. The maximum Gasteiger partial charge on any atom is 0.323 e. The summed E-state index contributed by atoms with van der Waals surface area (Å²) in [6, 6.07) is 7.72. The maximum atomic E-state index is 13.1. The largest absolute Gasteiger partial charge is 0.480 e. The Bertz CT molecular complexity index is 720. The van der Waals surface area contributed by atoms with Crippen LogP contribution in [0.2, 0.25) is 0 Å². The molecule has 1 fully saturated rings. The van der Waals surface area contributed by atoms with E-state index in [-0.39, 0.29) is 24.4 Å². The van der Waals surface area contributed by atoms with Crippen LogP contribution in [0.5, 0.6) is 0 Å². The molecular weight excluding hydrogens is 348 g/mol. The smallest absolute Gasteiger partial charge is 0.323 e. The van der Waals surface area contributed by atoms with Gasteiger partial charge in [-0.2, -0.15) is 0 Å². The molecule has 0 bridgehead atoms. The Balaban J connectivity index is 1.68. The van der Waals surface area contributed by atoms with Gasteiger partial charge in [-0.05, 0) is 36.8 Å². The van der Waals surface area contributed by atoms with Crippen molar-refractivity contribution in [3.8, 4) is 0 Å². The van der Waals surface area contributed by atoms with Crippen LogP contribution in [0.1, 0.15) is 43.4 Å². The molecule has 0 radical (unpaired) electrons. The first-order valence-corrected chi connectivity index (χ1v) is 9.44. The van der Waals surface area contributed by atoms with E-state index < -0.39 is 12.1 Å². The van der Waals surface area contributed by atoms with Crippen LogP contribution in [0.3, 0.4) is 0 Å². The van der Waals surface area contributed by atoms with Crippen molar-refractivity contribution >= 4 is 17.8 Å². The predicted molar refractivity (Wildman–Crippen MR) is 98.1 cm³/mol. The second kappa shape index (κ2) is 8.52. The Morgan fingerprint density at radius 2 is 2.00 bits per heavy atom. The van der Waals surface area contributed by atoms with Crippen LogP contribution in [0.4, 0.5) is 0 Å². The third-order valence-electron chi connectivity index (χ3n) is 5.38. The number of carbonyl (C=O) groups is 3. The summed E-state index contributed by atoms with van der Waals surface area (Å²) in [6.07, 6.45) is 2.24. The zero-order chi connectivity index (χ0) is 19.4. The highest BCUT2D eigenvalue weighted by atomic mass is 16.5. The van der Waals surface area contributed by atoms with Gasteiger partial charge in [-0.1, -0.05) is 24.3 Å². The van der Waals surface area contributed by atoms with E-state index in [0.29, 0.717) is 32.5 Å². The SMILES string of the molecule is CC(=O)N(CC(=O)O)C1CCCN(C(=O)C2OCCc3ccccc32)CC1. The molecule has 1 saturated heterocycles. The summed E-state index contributed by atoms with van der Waals surface area (Å²) in [4.78, 5) is 39.2. The standard InChI is InChI=1S/C20H26N2O5/c1-14(23)22(13-18(24)25)16-6-4-10-21(11-8-16)20(26)19-17-7-3-2-5-15(17)9-12-27-19/h2-3,5,7,16,19H,4,6,8-13H2,1H3,(H,24,25). The average Bonchev–Trinajstić information content (AvgIpc) is 2.91. The number of carboxylic acids is 1. The minimum atomic E-state index is -1.02. The lowest BCUT2D eigenvalue weighted by Crippen LogP contribution is -2.43.